The summed E-state index contributed by atoms with van der Waals surface area (Å²) in [6, 6.07) is 18.9. The molecule has 4 aromatic heterocycles. The van der Waals surface area contributed by atoms with Gasteiger partial charge in [-0.25, -0.2) is 9.48 Å². The molecule has 0 saturated heterocycles. The summed E-state index contributed by atoms with van der Waals surface area (Å²) in [6.45, 7) is 0.278. The van der Waals surface area contributed by atoms with Crippen LogP contribution in [-0.2, 0) is 13.2 Å². The van der Waals surface area contributed by atoms with Crippen molar-refractivity contribution in [3.63, 3.8) is 0 Å². The Labute approximate surface area is 197 Å². The van der Waals surface area contributed by atoms with Crippen LogP contribution in [0.15, 0.2) is 71.8 Å². The van der Waals surface area contributed by atoms with Gasteiger partial charge in [0.05, 0.1) is 52.7 Å². The van der Waals surface area contributed by atoms with E-state index in [1.165, 1.54) is 0 Å². The highest BCUT2D eigenvalue weighted by Crippen LogP contribution is 2.27. The second-order valence-electron chi connectivity index (χ2n) is 8.10. The number of nitriles is 1. The number of rotatable bonds is 5. The predicted molar refractivity (Wildman–Crippen MR) is 129 cm³/mol. The zero-order valence-corrected chi connectivity index (χ0v) is 18.3. The van der Waals surface area contributed by atoms with Crippen molar-refractivity contribution in [2.24, 2.45) is 0 Å². The number of benzene rings is 2. The Morgan fingerprint density at radius 3 is 2.66 bits per heavy atom. The highest BCUT2D eigenvalue weighted by atomic mass is 16.3. The van der Waals surface area contributed by atoms with Crippen LogP contribution in [0.3, 0.4) is 0 Å². The topological polar surface area (TPSA) is 141 Å². The molecule has 0 unspecified atom stereocenters. The van der Waals surface area contributed by atoms with E-state index in [0.29, 0.717) is 34.4 Å². The highest BCUT2D eigenvalue weighted by molar-refractivity contribution is 5.85. The van der Waals surface area contributed by atoms with E-state index >= 15 is 0 Å². The Morgan fingerprint density at radius 2 is 1.86 bits per heavy atom. The monoisotopic (exact) mass is 462 g/mol. The molecule has 0 aliphatic rings. The second-order valence-corrected chi connectivity index (χ2v) is 8.10. The molecular weight excluding hydrogens is 444 g/mol. The number of aliphatic hydroxyl groups is 1. The van der Waals surface area contributed by atoms with Gasteiger partial charge in [0, 0.05) is 18.0 Å². The molecule has 0 bridgehead atoms. The van der Waals surface area contributed by atoms with E-state index in [1.54, 1.807) is 35.3 Å². The summed E-state index contributed by atoms with van der Waals surface area (Å²) in [5, 5.41) is 27.9. The van der Waals surface area contributed by atoms with Crippen molar-refractivity contribution in [3.8, 4) is 23.0 Å². The SMILES string of the molecule is N#Cc1ccc(Cn2nccc2-c2cnc3c(CO)nn(-c4ccc5[nH]c(=O)[nH]c5c4)c3c2)cc1. The molecule has 0 saturated carbocycles. The maximum Gasteiger partial charge on any atom is 0.323 e. The Balaban J connectivity index is 1.44. The third kappa shape index (κ3) is 3.56. The van der Waals surface area contributed by atoms with Crippen LogP contribution in [-0.4, -0.2) is 39.6 Å². The number of aromatic amines is 2. The summed E-state index contributed by atoms with van der Waals surface area (Å²) < 4.78 is 3.58. The van der Waals surface area contributed by atoms with Crippen molar-refractivity contribution < 1.29 is 5.11 Å². The lowest BCUT2D eigenvalue weighted by Crippen LogP contribution is -2.04. The van der Waals surface area contributed by atoms with Crippen molar-refractivity contribution in [3.05, 3.63) is 94.3 Å². The number of pyridine rings is 1. The molecule has 2 aromatic carbocycles. The van der Waals surface area contributed by atoms with Gasteiger partial charge in [-0.3, -0.25) is 9.67 Å². The molecule has 6 rings (SSSR count). The van der Waals surface area contributed by atoms with E-state index in [9.17, 15) is 9.90 Å². The average molecular weight is 462 g/mol. The Kier molecular flexibility index (Phi) is 4.76. The Hall–Kier alpha value is -5.01. The molecule has 0 fully saturated rings. The molecule has 35 heavy (non-hydrogen) atoms. The van der Waals surface area contributed by atoms with Gasteiger partial charge in [-0.2, -0.15) is 15.5 Å². The van der Waals surface area contributed by atoms with E-state index < -0.39 is 0 Å². The summed E-state index contributed by atoms with van der Waals surface area (Å²) in [4.78, 5) is 21.8. The first-order valence-electron chi connectivity index (χ1n) is 10.8. The highest BCUT2D eigenvalue weighted by Gasteiger charge is 2.16. The summed E-state index contributed by atoms with van der Waals surface area (Å²) in [5.41, 5.74) is 6.91. The van der Waals surface area contributed by atoms with Crippen molar-refractivity contribution in [1.29, 1.82) is 5.26 Å². The molecular formula is C25H18N8O2. The van der Waals surface area contributed by atoms with Gasteiger partial charge in [-0.1, -0.05) is 12.1 Å². The molecule has 0 spiro atoms. The average Bonchev–Trinajstić information content (AvgIpc) is 3.59. The Bertz CT molecular complexity index is 1800. The summed E-state index contributed by atoms with van der Waals surface area (Å²) >= 11 is 0. The third-order valence-corrected chi connectivity index (χ3v) is 5.91. The minimum Gasteiger partial charge on any atom is -0.390 e. The van der Waals surface area contributed by atoms with Gasteiger partial charge in [0.1, 0.15) is 11.2 Å². The number of fused-ring (bicyclic) bond motifs is 2. The molecule has 10 nitrogen and oxygen atoms in total. The molecule has 6 aromatic rings. The van der Waals surface area contributed by atoms with Crippen molar-refractivity contribution in [2.45, 2.75) is 13.2 Å². The number of hydrogen-bond donors (Lipinski definition) is 3. The van der Waals surface area contributed by atoms with Crippen molar-refractivity contribution in [2.75, 3.05) is 0 Å². The second kappa shape index (κ2) is 8.09. The Morgan fingerprint density at radius 1 is 1.03 bits per heavy atom. The first-order chi connectivity index (χ1) is 17.1. The van der Waals surface area contributed by atoms with E-state index in [4.69, 9.17) is 5.26 Å². The molecule has 170 valence electrons. The summed E-state index contributed by atoms with van der Waals surface area (Å²) in [5.74, 6) is 0. The van der Waals surface area contributed by atoms with E-state index in [1.807, 2.05) is 41.1 Å². The van der Waals surface area contributed by atoms with E-state index in [2.05, 4.69) is 31.2 Å². The lowest BCUT2D eigenvalue weighted by molar-refractivity contribution is 0.277. The first-order valence-corrected chi connectivity index (χ1v) is 10.8. The van der Waals surface area contributed by atoms with Crippen LogP contribution >= 0.6 is 0 Å². The van der Waals surface area contributed by atoms with Crippen molar-refractivity contribution in [1.82, 2.24) is 34.5 Å². The smallest absolute Gasteiger partial charge is 0.323 e. The van der Waals surface area contributed by atoms with Gasteiger partial charge in [0.25, 0.3) is 0 Å². The molecule has 3 N–H and O–H groups in total. The molecule has 0 atom stereocenters. The van der Waals surface area contributed by atoms with Crippen LogP contribution < -0.4 is 5.69 Å². The number of hydrogen-bond acceptors (Lipinski definition) is 6. The quantitative estimate of drug-likeness (QED) is 0.360. The van der Waals surface area contributed by atoms with Crippen LogP contribution in [0.1, 0.15) is 16.8 Å². The van der Waals surface area contributed by atoms with Crippen LogP contribution in [0.5, 0.6) is 0 Å². The molecule has 4 heterocycles. The molecule has 10 heteroatoms. The minimum atomic E-state index is -0.280. The van der Waals surface area contributed by atoms with Gasteiger partial charge in [0.15, 0.2) is 0 Å². The van der Waals surface area contributed by atoms with Crippen LogP contribution in [0.25, 0.3) is 39.0 Å². The predicted octanol–water partition coefficient (Wildman–Crippen LogP) is 2.87. The van der Waals surface area contributed by atoms with Gasteiger partial charge in [-0.05, 0) is 48.0 Å². The minimum absolute atomic E-state index is 0.254. The first kappa shape index (κ1) is 20.6. The largest absolute Gasteiger partial charge is 0.390 e. The standard InChI is InChI=1S/C25H18N8O2/c26-11-15-1-3-16(4-2-15)13-32-22(7-8-28-32)17-9-23-24(27-12-17)21(14-34)31-33(23)18-5-6-19-20(10-18)30-25(35)29-19/h1-10,12,34H,13-14H2,(H2,29,30,35). The van der Waals surface area contributed by atoms with Gasteiger partial charge in [-0.15, -0.1) is 0 Å². The number of aromatic nitrogens is 7. The molecule has 0 aliphatic heterocycles. The van der Waals surface area contributed by atoms with Crippen LogP contribution in [0, 0.1) is 11.3 Å². The number of nitrogens with zero attached hydrogens (tertiary/aromatic N) is 6. The van der Waals surface area contributed by atoms with Gasteiger partial charge in [0.2, 0.25) is 0 Å². The zero-order chi connectivity index (χ0) is 23.9. The fourth-order valence-corrected chi connectivity index (χ4v) is 4.22. The van der Waals surface area contributed by atoms with Crippen LogP contribution in [0.4, 0.5) is 0 Å². The maximum absolute atomic E-state index is 11.7. The lowest BCUT2D eigenvalue weighted by atomic mass is 10.1. The number of H-pyrrole nitrogens is 2. The normalized spacial score (nSPS) is 11.3. The van der Waals surface area contributed by atoms with E-state index in [-0.39, 0.29) is 12.3 Å². The number of nitrogens with one attached hydrogen (secondary N) is 2. The zero-order valence-electron chi connectivity index (χ0n) is 18.3. The van der Waals surface area contributed by atoms with Gasteiger partial charge < -0.3 is 15.1 Å². The lowest BCUT2D eigenvalue weighted by Gasteiger charge is -2.09. The van der Waals surface area contributed by atoms with E-state index in [0.717, 1.165) is 28.0 Å². The maximum atomic E-state index is 11.7. The number of imidazole rings is 1. The van der Waals surface area contributed by atoms with Crippen LogP contribution in [0.2, 0.25) is 0 Å². The van der Waals surface area contributed by atoms with Crippen molar-refractivity contribution >= 4 is 22.1 Å². The fraction of sp³-hybridized carbons (Fsp3) is 0.0800. The van der Waals surface area contributed by atoms with Gasteiger partial charge >= 0.3 is 5.69 Å². The molecule has 0 aliphatic carbocycles. The third-order valence-electron chi connectivity index (χ3n) is 5.91. The summed E-state index contributed by atoms with van der Waals surface area (Å²) in [7, 11) is 0. The fourth-order valence-electron chi connectivity index (χ4n) is 4.22. The summed E-state index contributed by atoms with van der Waals surface area (Å²) in [6.07, 6.45) is 3.47. The molecule has 0 amide bonds. The number of aliphatic hydroxyl groups excluding tert-OH is 1. The molecule has 0 radical (unpaired) electrons.